The van der Waals surface area contributed by atoms with Crippen molar-refractivity contribution in [2.24, 2.45) is 10.7 Å². The van der Waals surface area contributed by atoms with Crippen LogP contribution >= 0.6 is 11.8 Å². The van der Waals surface area contributed by atoms with Crippen molar-refractivity contribution in [1.29, 1.82) is 0 Å². The Morgan fingerprint density at radius 1 is 1.29 bits per heavy atom. The number of thioether (sulfide) groups is 1. The second kappa shape index (κ2) is 4.01. The molecular formula is C10H19N3S. The molecule has 0 bridgehead atoms. The zero-order valence-electron chi connectivity index (χ0n) is 8.94. The predicted octanol–water partition coefficient (Wildman–Crippen LogP) is 1.29. The van der Waals surface area contributed by atoms with E-state index in [4.69, 9.17) is 5.73 Å². The molecule has 1 aliphatic heterocycles. The van der Waals surface area contributed by atoms with Crippen LogP contribution in [0.15, 0.2) is 4.99 Å². The molecule has 0 amide bonds. The van der Waals surface area contributed by atoms with E-state index < -0.39 is 0 Å². The SMILES string of the molecule is CC1CN(C(N)=NC2CC2)CC(C)S1. The van der Waals surface area contributed by atoms with Crippen LogP contribution in [0.1, 0.15) is 26.7 Å². The molecule has 2 unspecified atom stereocenters. The van der Waals surface area contributed by atoms with E-state index in [1.807, 2.05) is 11.8 Å². The Morgan fingerprint density at radius 2 is 1.86 bits per heavy atom. The largest absolute Gasteiger partial charge is 0.370 e. The van der Waals surface area contributed by atoms with Gasteiger partial charge in [0.05, 0.1) is 6.04 Å². The highest BCUT2D eigenvalue weighted by molar-refractivity contribution is 8.00. The molecule has 0 aromatic heterocycles. The van der Waals surface area contributed by atoms with E-state index in [-0.39, 0.29) is 0 Å². The third-order valence-corrected chi connectivity index (χ3v) is 3.83. The minimum atomic E-state index is 0.537. The first kappa shape index (κ1) is 10.1. The summed E-state index contributed by atoms with van der Waals surface area (Å²) in [6.45, 7) is 6.63. The number of rotatable bonds is 1. The van der Waals surface area contributed by atoms with Gasteiger partial charge >= 0.3 is 0 Å². The van der Waals surface area contributed by atoms with Crippen LogP contribution in [-0.2, 0) is 0 Å². The van der Waals surface area contributed by atoms with Crippen LogP contribution < -0.4 is 5.73 Å². The summed E-state index contributed by atoms with van der Waals surface area (Å²) in [7, 11) is 0. The Balaban J connectivity index is 1.94. The van der Waals surface area contributed by atoms with E-state index in [2.05, 4.69) is 23.7 Å². The van der Waals surface area contributed by atoms with Crippen LogP contribution in [0, 0.1) is 0 Å². The maximum Gasteiger partial charge on any atom is 0.191 e. The van der Waals surface area contributed by atoms with Gasteiger partial charge in [-0.2, -0.15) is 11.8 Å². The lowest BCUT2D eigenvalue weighted by molar-refractivity contribution is 0.404. The highest BCUT2D eigenvalue weighted by Gasteiger charge is 2.26. The number of hydrogen-bond donors (Lipinski definition) is 1. The Labute approximate surface area is 90.1 Å². The molecule has 2 atom stereocenters. The first-order valence-electron chi connectivity index (χ1n) is 5.39. The molecule has 2 fully saturated rings. The van der Waals surface area contributed by atoms with Gasteiger partial charge in [0.1, 0.15) is 0 Å². The Hall–Kier alpha value is -0.380. The highest BCUT2D eigenvalue weighted by Crippen LogP contribution is 2.26. The smallest absolute Gasteiger partial charge is 0.191 e. The maximum absolute atomic E-state index is 5.98. The van der Waals surface area contributed by atoms with Crippen LogP contribution in [0.4, 0.5) is 0 Å². The normalized spacial score (nSPS) is 34.7. The summed E-state index contributed by atoms with van der Waals surface area (Å²) < 4.78 is 0. The molecular weight excluding hydrogens is 194 g/mol. The van der Waals surface area contributed by atoms with Crippen molar-refractivity contribution in [2.45, 2.75) is 43.2 Å². The van der Waals surface area contributed by atoms with Gasteiger partial charge in [-0.1, -0.05) is 13.8 Å². The fraction of sp³-hybridized carbons (Fsp3) is 0.900. The van der Waals surface area contributed by atoms with E-state index >= 15 is 0 Å². The van der Waals surface area contributed by atoms with Crippen LogP contribution in [0.3, 0.4) is 0 Å². The molecule has 1 saturated heterocycles. The molecule has 2 rings (SSSR count). The molecule has 4 heteroatoms. The summed E-state index contributed by atoms with van der Waals surface area (Å²) in [6.07, 6.45) is 2.46. The van der Waals surface area contributed by atoms with Gasteiger partial charge in [-0.05, 0) is 12.8 Å². The number of nitrogens with two attached hydrogens (primary N) is 1. The van der Waals surface area contributed by atoms with Gasteiger partial charge in [0, 0.05) is 23.6 Å². The lowest BCUT2D eigenvalue weighted by Crippen LogP contribution is -2.47. The standard InChI is InChI=1S/C10H19N3S/c1-7-5-13(6-8(2)14-7)10(11)12-9-3-4-9/h7-9H,3-6H2,1-2H3,(H2,11,12). The molecule has 0 radical (unpaired) electrons. The van der Waals surface area contributed by atoms with Crippen molar-refractivity contribution >= 4 is 17.7 Å². The second-order valence-corrected chi connectivity index (χ2v) is 6.26. The summed E-state index contributed by atoms with van der Waals surface area (Å²) in [5, 5.41) is 1.35. The molecule has 0 aromatic rings. The monoisotopic (exact) mass is 213 g/mol. The lowest BCUT2D eigenvalue weighted by Gasteiger charge is -2.35. The molecule has 14 heavy (non-hydrogen) atoms. The van der Waals surface area contributed by atoms with E-state index in [0.29, 0.717) is 16.5 Å². The van der Waals surface area contributed by atoms with Crippen LogP contribution in [0.5, 0.6) is 0 Å². The summed E-state index contributed by atoms with van der Waals surface area (Å²) in [5.41, 5.74) is 5.98. The number of hydrogen-bond acceptors (Lipinski definition) is 2. The fourth-order valence-corrected chi connectivity index (χ4v) is 3.16. The topological polar surface area (TPSA) is 41.6 Å². The summed E-state index contributed by atoms with van der Waals surface area (Å²) >= 11 is 2.04. The Bertz CT molecular complexity index is 228. The molecule has 0 aromatic carbocycles. The number of guanidine groups is 1. The zero-order chi connectivity index (χ0) is 10.1. The van der Waals surface area contributed by atoms with E-state index in [1.54, 1.807) is 0 Å². The first-order chi connectivity index (χ1) is 6.65. The van der Waals surface area contributed by atoms with Gasteiger partial charge in [0.2, 0.25) is 0 Å². The Morgan fingerprint density at radius 3 is 2.36 bits per heavy atom. The molecule has 0 spiro atoms. The number of aliphatic imine (C=N–C) groups is 1. The highest BCUT2D eigenvalue weighted by atomic mass is 32.2. The van der Waals surface area contributed by atoms with Gasteiger partial charge in [-0.3, -0.25) is 0 Å². The second-order valence-electron chi connectivity index (χ2n) is 4.38. The van der Waals surface area contributed by atoms with E-state index in [0.717, 1.165) is 19.0 Å². The summed E-state index contributed by atoms with van der Waals surface area (Å²) in [4.78, 5) is 6.73. The van der Waals surface area contributed by atoms with Crippen molar-refractivity contribution in [3.8, 4) is 0 Å². The molecule has 1 heterocycles. The van der Waals surface area contributed by atoms with Crippen molar-refractivity contribution in [3.05, 3.63) is 0 Å². The molecule has 2 N–H and O–H groups in total. The lowest BCUT2D eigenvalue weighted by atomic mass is 10.3. The van der Waals surface area contributed by atoms with Gasteiger partial charge in [0.25, 0.3) is 0 Å². The Kier molecular flexibility index (Phi) is 2.91. The van der Waals surface area contributed by atoms with Crippen molar-refractivity contribution < 1.29 is 0 Å². The van der Waals surface area contributed by atoms with Gasteiger partial charge in [-0.25, -0.2) is 4.99 Å². The molecule has 1 saturated carbocycles. The average Bonchev–Trinajstić information content (AvgIpc) is 2.86. The quantitative estimate of drug-likeness (QED) is 0.527. The summed E-state index contributed by atoms with van der Waals surface area (Å²) in [6, 6.07) is 0.537. The van der Waals surface area contributed by atoms with Crippen LogP contribution in [0.2, 0.25) is 0 Å². The van der Waals surface area contributed by atoms with Gasteiger partial charge in [-0.15, -0.1) is 0 Å². The first-order valence-corrected chi connectivity index (χ1v) is 6.33. The van der Waals surface area contributed by atoms with Crippen LogP contribution in [-0.4, -0.2) is 40.5 Å². The minimum Gasteiger partial charge on any atom is -0.370 e. The predicted molar refractivity (Wildman–Crippen MR) is 62.7 cm³/mol. The van der Waals surface area contributed by atoms with E-state index in [9.17, 15) is 0 Å². The maximum atomic E-state index is 5.98. The van der Waals surface area contributed by atoms with Crippen molar-refractivity contribution in [2.75, 3.05) is 13.1 Å². The average molecular weight is 213 g/mol. The minimum absolute atomic E-state index is 0.537. The number of nitrogens with zero attached hydrogens (tertiary/aromatic N) is 2. The van der Waals surface area contributed by atoms with Crippen molar-refractivity contribution in [3.63, 3.8) is 0 Å². The van der Waals surface area contributed by atoms with Crippen molar-refractivity contribution in [1.82, 2.24) is 4.90 Å². The van der Waals surface area contributed by atoms with E-state index in [1.165, 1.54) is 12.8 Å². The fourth-order valence-electron chi connectivity index (χ4n) is 1.84. The third kappa shape index (κ3) is 2.56. The van der Waals surface area contributed by atoms with Gasteiger partial charge < -0.3 is 10.6 Å². The molecule has 1 aliphatic carbocycles. The van der Waals surface area contributed by atoms with Gasteiger partial charge in [0.15, 0.2) is 5.96 Å². The molecule has 3 nitrogen and oxygen atoms in total. The third-order valence-electron chi connectivity index (χ3n) is 2.61. The van der Waals surface area contributed by atoms with Crippen LogP contribution in [0.25, 0.3) is 0 Å². The zero-order valence-corrected chi connectivity index (χ0v) is 9.76. The molecule has 80 valence electrons. The summed E-state index contributed by atoms with van der Waals surface area (Å²) in [5.74, 6) is 0.770. The molecule has 2 aliphatic rings.